The van der Waals surface area contributed by atoms with Gasteiger partial charge in [0.2, 0.25) is 5.91 Å². The van der Waals surface area contributed by atoms with E-state index < -0.39 is 0 Å². The molecule has 0 radical (unpaired) electrons. The van der Waals surface area contributed by atoms with E-state index in [2.05, 4.69) is 36.2 Å². The number of hydrogen-bond acceptors (Lipinski definition) is 2. The van der Waals surface area contributed by atoms with Crippen molar-refractivity contribution >= 4 is 5.91 Å². The van der Waals surface area contributed by atoms with Crippen LogP contribution in [0.2, 0.25) is 0 Å². The lowest BCUT2D eigenvalue weighted by atomic mass is 9.96. The van der Waals surface area contributed by atoms with E-state index in [9.17, 15) is 4.79 Å². The van der Waals surface area contributed by atoms with Gasteiger partial charge in [0.25, 0.3) is 0 Å². The molecule has 0 spiro atoms. The van der Waals surface area contributed by atoms with E-state index in [1.807, 2.05) is 18.2 Å². The van der Waals surface area contributed by atoms with Gasteiger partial charge in [0, 0.05) is 6.04 Å². The quantitative estimate of drug-likeness (QED) is 0.916. The van der Waals surface area contributed by atoms with Crippen LogP contribution < -0.4 is 5.32 Å². The zero-order chi connectivity index (χ0) is 14.1. The van der Waals surface area contributed by atoms with E-state index in [4.69, 9.17) is 0 Å². The van der Waals surface area contributed by atoms with Crippen LogP contribution in [0.5, 0.6) is 0 Å². The minimum absolute atomic E-state index is 0.0412. The highest BCUT2D eigenvalue weighted by molar-refractivity contribution is 5.84. The van der Waals surface area contributed by atoms with Crippen molar-refractivity contribution < 1.29 is 4.79 Å². The average Bonchev–Trinajstić information content (AvgIpc) is 2.97. The van der Waals surface area contributed by atoms with Gasteiger partial charge < -0.3 is 4.90 Å². The Morgan fingerprint density at radius 1 is 1.20 bits per heavy atom. The van der Waals surface area contributed by atoms with Gasteiger partial charge in [0.15, 0.2) is 0 Å². The topological polar surface area (TPSA) is 32.3 Å². The van der Waals surface area contributed by atoms with Crippen LogP contribution in [0.25, 0.3) is 0 Å². The summed E-state index contributed by atoms with van der Waals surface area (Å²) in [6.45, 7) is 5.32. The molecule has 3 heteroatoms. The zero-order valence-corrected chi connectivity index (χ0v) is 12.4. The van der Waals surface area contributed by atoms with Gasteiger partial charge in [-0.15, -0.1) is 0 Å². The summed E-state index contributed by atoms with van der Waals surface area (Å²) in [7, 11) is 0. The Morgan fingerprint density at radius 2 is 1.95 bits per heavy atom. The molecule has 1 heterocycles. The molecule has 2 aliphatic rings. The van der Waals surface area contributed by atoms with Gasteiger partial charge in [0.1, 0.15) is 0 Å². The van der Waals surface area contributed by atoms with Crippen molar-refractivity contribution in [2.75, 3.05) is 6.67 Å². The molecule has 20 heavy (non-hydrogen) atoms. The smallest absolute Gasteiger partial charge is 0.241 e. The highest BCUT2D eigenvalue weighted by Gasteiger charge is 2.41. The third-order valence-corrected chi connectivity index (χ3v) is 5.19. The first-order valence-corrected chi connectivity index (χ1v) is 7.74. The Morgan fingerprint density at radius 3 is 2.60 bits per heavy atom. The first kappa shape index (κ1) is 13.6. The van der Waals surface area contributed by atoms with E-state index in [0.29, 0.717) is 17.9 Å². The Kier molecular flexibility index (Phi) is 3.79. The van der Waals surface area contributed by atoms with Crippen LogP contribution >= 0.6 is 0 Å². The molecule has 0 bridgehead atoms. The highest BCUT2D eigenvalue weighted by atomic mass is 16.2. The maximum absolute atomic E-state index is 12.6. The zero-order valence-electron chi connectivity index (χ0n) is 12.4. The number of nitrogens with zero attached hydrogens (tertiary/aromatic N) is 1. The molecule has 4 unspecified atom stereocenters. The van der Waals surface area contributed by atoms with Crippen molar-refractivity contribution in [2.24, 2.45) is 11.8 Å². The summed E-state index contributed by atoms with van der Waals surface area (Å²) in [6, 6.07) is 10.7. The lowest BCUT2D eigenvalue weighted by Crippen LogP contribution is -2.41. The van der Waals surface area contributed by atoms with E-state index in [-0.39, 0.29) is 6.04 Å². The fraction of sp³-hybridized carbons (Fsp3) is 0.588. The van der Waals surface area contributed by atoms with Crippen molar-refractivity contribution in [3.05, 3.63) is 35.9 Å². The molecule has 1 aliphatic carbocycles. The Hall–Kier alpha value is -1.35. The summed E-state index contributed by atoms with van der Waals surface area (Å²) in [6.07, 6.45) is 3.21. The normalized spacial score (nSPS) is 33.9. The number of benzene rings is 1. The highest BCUT2D eigenvalue weighted by Crippen LogP contribution is 2.35. The average molecular weight is 272 g/mol. The number of carbonyl (C=O) groups excluding carboxylic acids is 1. The maximum Gasteiger partial charge on any atom is 0.241 e. The number of amides is 1. The van der Waals surface area contributed by atoms with Gasteiger partial charge in [-0.05, 0) is 36.7 Å². The first-order chi connectivity index (χ1) is 9.66. The van der Waals surface area contributed by atoms with Gasteiger partial charge in [0.05, 0.1) is 12.7 Å². The van der Waals surface area contributed by atoms with E-state index in [1.165, 1.54) is 12.0 Å². The molecule has 1 N–H and O–H groups in total. The third-order valence-electron chi connectivity index (χ3n) is 5.19. The molecule has 108 valence electrons. The van der Waals surface area contributed by atoms with E-state index >= 15 is 0 Å². The second-order valence-corrected chi connectivity index (χ2v) is 6.39. The Labute approximate surface area is 121 Å². The molecular weight excluding hydrogens is 248 g/mol. The molecule has 1 saturated heterocycles. The summed E-state index contributed by atoms with van der Waals surface area (Å²) >= 11 is 0. The van der Waals surface area contributed by atoms with Gasteiger partial charge in [-0.25, -0.2) is 0 Å². The second kappa shape index (κ2) is 5.57. The molecule has 4 atom stereocenters. The van der Waals surface area contributed by atoms with Gasteiger partial charge in [-0.1, -0.05) is 44.2 Å². The van der Waals surface area contributed by atoms with E-state index in [1.54, 1.807) is 0 Å². The second-order valence-electron chi connectivity index (χ2n) is 6.39. The van der Waals surface area contributed by atoms with Crippen LogP contribution in [-0.4, -0.2) is 29.6 Å². The molecule has 1 amide bonds. The van der Waals surface area contributed by atoms with Crippen LogP contribution in [0, 0.1) is 11.8 Å². The van der Waals surface area contributed by atoms with E-state index in [0.717, 1.165) is 25.4 Å². The van der Waals surface area contributed by atoms with Crippen molar-refractivity contribution in [3.63, 3.8) is 0 Å². The van der Waals surface area contributed by atoms with Crippen molar-refractivity contribution in [2.45, 2.75) is 45.2 Å². The van der Waals surface area contributed by atoms with Crippen molar-refractivity contribution in [3.8, 4) is 0 Å². The van der Waals surface area contributed by atoms with Crippen molar-refractivity contribution in [1.29, 1.82) is 0 Å². The van der Waals surface area contributed by atoms with Crippen LogP contribution in [0.1, 0.15) is 32.3 Å². The molecule has 1 aliphatic heterocycles. The number of carbonyl (C=O) groups is 1. The van der Waals surface area contributed by atoms with Crippen molar-refractivity contribution in [1.82, 2.24) is 10.2 Å². The van der Waals surface area contributed by atoms with Gasteiger partial charge >= 0.3 is 0 Å². The number of hydrogen-bond donors (Lipinski definition) is 1. The summed E-state index contributed by atoms with van der Waals surface area (Å²) in [5.41, 5.74) is 1.23. The summed E-state index contributed by atoms with van der Waals surface area (Å²) < 4.78 is 0. The maximum atomic E-state index is 12.6. The summed E-state index contributed by atoms with van der Waals surface area (Å²) in [5.74, 6) is 1.65. The van der Waals surface area contributed by atoms with Gasteiger partial charge in [-0.3, -0.25) is 10.1 Å². The molecule has 1 aromatic carbocycles. The monoisotopic (exact) mass is 272 g/mol. The SMILES string of the molecule is CC1CCC(N2CNC(Cc3ccccc3)C2=O)C1C. The Bertz CT molecular complexity index is 473. The molecule has 2 fully saturated rings. The summed E-state index contributed by atoms with van der Waals surface area (Å²) in [5, 5.41) is 3.39. The molecule has 3 nitrogen and oxygen atoms in total. The van der Waals surface area contributed by atoms with Crippen LogP contribution in [0.15, 0.2) is 30.3 Å². The standard InChI is InChI=1S/C17H24N2O/c1-12-8-9-16(13(12)2)19-11-18-15(17(19)20)10-14-6-4-3-5-7-14/h3-7,12-13,15-16,18H,8-11H2,1-2H3. The lowest BCUT2D eigenvalue weighted by molar-refractivity contribution is -0.131. The molecular formula is C17H24N2O. The Balaban J connectivity index is 1.65. The molecule has 0 aromatic heterocycles. The summed E-state index contributed by atoms with van der Waals surface area (Å²) in [4.78, 5) is 14.7. The van der Waals surface area contributed by atoms with Gasteiger partial charge in [-0.2, -0.15) is 0 Å². The largest absolute Gasteiger partial charge is 0.325 e. The lowest BCUT2D eigenvalue weighted by Gasteiger charge is -2.28. The first-order valence-electron chi connectivity index (χ1n) is 7.74. The predicted octanol–water partition coefficient (Wildman–Crippen LogP) is 2.42. The van der Waals surface area contributed by atoms with Crippen LogP contribution in [0.3, 0.4) is 0 Å². The predicted molar refractivity (Wildman–Crippen MR) is 80.1 cm³/mol. The minimum atomic E-state index is -0.0412. The molecule has 1 aromatic rings. The number of rotatable bonds is 3. The number of nitrogens with one attached hydrogen (secondary N) is 1. The minimum Gasteiger partial charge on any atom is -0.325 e. The van der Waals surface area contributed by atoms with Crippen LogP contribution in [-0.2, 0) is 11.2 Å². The fourth-order valence-corrected chi connectivity index (χ4v) is 3.64. The third kappa shape index (κ3) is 2.47. The molecule has 3 rings (SSSR count). The van der Waals surface area contributed by atoms with Crippen LogP contribution in [0.4, 0.5) is 0 Å². The fourth-order valence-electron chi connectivity index (χ4n) is 3.64. The molecule has 1 saturated carbocycles.